The zero-order chi connectivity index (χ0) is 20.9. The summed E-state index contributed by atoms with van der Waals surface area (Å²) in [5.74, 6) is 0.597. The van der Waals surface area contributed by atoms with Crippen molar-refractivity contribution in [3.63, 3.8) is 0 Å². The van der Waals surface area contributed by atoms with E-state index in [1.807, 2.05) is 24.3 Å². The lowest BCUT2D eigenvalue weighted by Gasteiger charge is -2.36. The molecule has 0 aliphatic carbocycles. The first-order chi connectivity index (χ1) is 13.1. The number of hydrogen-bond donors (Lipinski definition) is 0. The van der Waals surface area contributed by atoms with Gasteiger partial charge in [-0.3, -0.25) is 4.90 Å². The Balaban J connectivity index is 2.33. The minimum atomic E-state index is -1.15. The molecule has 0 unspecified atom stereocenters. The van der Waals surface area contributed by atoms with Crippen LogP contribution in [-0.4, -0.2) is 53.7 Å². The van der Waals surface area contributed by atoms with E-state index in [1.54, 1.807) is 20.8 Å². The van der Waals surface area contributed by atoms with E-state index in [1.165, 1.54) is 12.0 Å². The van der Waals surface area contributed by atoms with Gasteiger partial charge in [0.15, 0.2) is 0 Å². The molecule has 8 heteroatoms. The topological polar surface area (TPSA) is 65.1 Å². The van der Waals surface area contributed by atoms with Crippen LogP contribution in [-0.2, 0) is 14.3 Å². The molecule has 1 amide bonds. The van der Waals surface area contributed by atoms with Crippen LogP contribution in [0, 0.1) is 3.57 Å². The standard InChI is InChI=1S/C20H27ClINO5/c1-19(2,3)28-18(25)23-13-16(27-15-8-5-7-14(22)11-15)12-20(23,9-6-10-21)17(24)26-4/h5,7-8,11,16H,6,9-10,12-13H2,1-4H3/t16-,20+/m1/s1. The van der Waals surface area contributed by atoms with Crippen LogP contribution in [0.4, 0.5) is 4.79 Å². The van der Waals surface area contributed by atoms with Crippen molar-refractivity contribution in [1.29, 1.82) is 0 Å². The Morgan fingerprint density at radius 1 is 1.36 bits per heavy atom. The van der Waals surface area contributed by atoms with E-state index in [0.717, 1.165) is 3.57 Å². The third-order valence-corrected chi connectivity index (χ3v) is 5.41. The van der Waals surface area contributed by atoms with Gasteiger partial charge >= 0.3 is 12.1 Å². The summed E-state index contributed by atoms with van der Waals surface area (Å²) in [6.45, 7) is 5.61. The molecule has 1 fully saturated rings. The van der Waals surface area contributed by atoms with Crippen LogP contribution in [0.25, 0.3) is 0 Å². The maximum absolute atomic E-state index is 12.9. The van der Waals surface area contributed by atoms with Gasteiger partial charge in [-0.15, -0.1) is 11.6 Å². The summed E-state index contributed by atoms with van der Waals surface area (Å²) in [7, 11) is 1.33. The second-order valence-corrected chi connectivity index (χ2v) is 9.43. The largest absolute Gasteiger partial charge is 0.488 e. The summed E-state index contributed by atoms with van der Waals surface area (Å²) in [5.41, 5.74) is -1.83. The Kier molecular flexibility index (Phi) is 7.84. The number of carbonyl (C=O) groups is 2. The zero-order valence-corrected chi connectivity index (χ0v) is 19.6. The van der Waals surface area contributed by atoms with Gasteiger partial charge < -0.3 is 14.2 Å². The maximum Gasteiger partial charge on any atom is 0.411 e. The van der Waals surface area contributed by atoms with Gasteiger partial charge in [0, 0.05) is 15.9 Å². The van der Waals surface area contributed by atoms with Gasteiger partial charge in [0.1, 0.15) is 23.0 Å². The average Bonchev–Trinajstić information content (AvgIpc) is 2.97. The number of likely N-dealkylation sites (tertiary alicyclic amines) is 1. The Morgan fingerprint density at radius 3 is 2.64 bits per heavy atom. The molecular formula is C20H27ClINO5. The number of rotatable bonds is 6. The lowest BCUT2D eigenvalue weighted by atomic mass is 9.90. The molecule has 156 valence electrons. The summed E-state index contributed by atoms with van der Waals surface area (Å²) >= 11 is 8.10. The first kappa shape index (κ1) is 23.1. The van der Waals surface area contributed by atoms with Crippen LogP contribution >= 0.6 is 34.2 Å². The highest BCUT2D eigenvalue weighted by molar-refractivity contribution is 14.1. The fourth-order valence-corrected chi connectivity index (χ4v) is 4.04. The van der Waals surface area contributed by atoms with E-state index >= 15 is 0 Å². The molecule has 1 aliphatic heterocycles. The molecule has 0 radical (unpaired) electrons. The number of esters is 1. The maximum atomic E-state index is 12.9. The summed E-state index contributed by atoms with van der Waals surface area (Å²) < 4.78 is 17.8. The van der Waals surface area contributed by atoms with E-state index in [0.29, 0.717) is 30.9 Å². The van der Waals surface area contributed by atoms with E-state index in [2.05, 4.69) is 22.6 Å². The lowest BCUT2D eigenvalue weighted by Crippen LogP contribution is -2.54. The smallest absolute Gasteiger partial charge is 0.411 e. The van der Waals surface area contributed by atoms with Crippen LogP contribution in [0.1, 0.15) is 40.0 Å². The minimum absolute atomic E-state index is 0.234. The monoisotopic (exact) mass is 523 g/mol. The molecule has 1 aromatic rings. The van der Waals surface area contributed by atoms with Crippen molar-refractivity contribution >= 4 is 46.3 Å². The van der Waals surface area contributed by atoms with Gasteiger partial charge in [0.05, 0.1) is 13.7 Å². The molecule has 0 saturated carbocycles. The van der Waals surface area contributed by atoms with Crippen LogP contribution < -0.4 is 4.74 Å². The molecule has 1 saturated heterocycles. The van der Waals surface area contributed by atoms with Crippen molar-refractivity contribution in [3.05, 3.63) is 27.8 Å². The van der Waals surface area contributed by atoms with Crippen molar-refractivity contribution in [2.24, 2.45) is 0 Å². The van der Waals surface area contributed by atoms with Crippen molar-refractivity contribution in [2.75, 3.05) is 19.5 Å². The third kappa shape index (κ3) is 5.65. The number of ether oxygens (including phenoxy) is 3. The first-order valence-corrected chi connectivity index (χ1v) is 10.8. The molecular weight excluding hydrogens is 497 g/mol. The highest BCUT2D eigenvalue weighted by atomic mass is 127. The van der Waals surface area contributed by atoms with Gasteiger partial charge in [0.2, 0.25) is 0 Å². The number of halogens is 2. The summed E-state index contributed by atoms with van der Waals surface area (Å²) in [6, 6.07) is 7.64. The second-order valence-electron chi connectivity index (χ2n) is 7.81. The molecule has 1 heterocycles. The Hall–Kier alpha value is -1.22. The molecule has 0 bridgehead atoms. The number of carbonyl (C=O) groups excluding carboxylic acids is 2. The van der Waals surface area contributed by atoms with Crippen LogP contribution in [0.5, 0.6) is 5.75 Å². The fraction of sp³-hybridized carbons (Fsp3) is 0.600. The number of nitrogens with zero attached hydrogens (tertiary/aromatic N) is 1. The average molecular weight is 524 g/mol. The van der Waals surface area contributed by atoms with E-state index in [4.69, 9.17) is 25.8 Å². The molecule has 1 aromatic carbocycles. The molecule has 0 N–H and O–H groups in total. The van der Waals surface area contributed by atoms with Crippen molar-refractivity contribution in [1.82, 2.24) is 4.90 Å². The van der Waals surface area contributed by atoms with E-state index in [9.17, 15) is 9.59 Å². The van der Waals surface area contributed by atoms with Gasteiger partial charge in [0.25, 0.3) is 0 Å². The molecule has 0 aromatic heterocycles. The zero-order valence-electron chi connectivity index (χ0n) is 16.7. The highest BCUT2D eigenvalue weighted by Crippen LogP contribution is 2.38. The minimum Gasteiger partial charge on any atom is -0.488 e. The van der Waals surface area contributed by atoms with Gasteiger partial charge in [-0.25, -0.2) is 9.59 Å². The molecule has 0 spiro atoms. The number of benzene rings is 1. The SMILES string of the molecule is COC(=O)[C@]1(CCCCl)C[C@@H](Oc2cccc(I)c2)CN1C(=O)OC(C)(C)C. The van der Waals surface area contributed by atoms with Gasteiger partial charge in [-0.05, 0) is 74.4 Å². The van der Waals surface area contributed by atoms with Crippen LogP contribution in [0.2, 0.25) is 0 Å². The first-order valence-electron chi connectivity index (χ1n) is 9.18. The number of hydrogen-bond acceptors (Lipinski definition) is 5. The Bertz CT molecular complexity index is 708. The predicted octanol–water partition coefficient (Wildman–Crippen LogP) is 4.61. The molecule has 1 aliphatic rings. The molecule has 2 atom stereocenters. The lowest BCUT2D eigenvalue weighted by molar-refractivity contribution is -0.153. The van der Waals surface area contributed by atoms with E-state index < -0.39 is 23.2 Å². The summed E-state index contributed by atoms with van der Waals surface area (Å²) in [4.78, 5) is 27.2. The number of amides is 1. The highest BCUT2D eigenvalue weighted by Gasteiger charge is 2.55. The van der Waals surface area contributed by atoms with Crippen molar-refractivity contribution in [2.45, 2.75) is 57.3 Å². The normalized spacial score (nSPS) is 22.1. The second kappa shape index (κ2) is 9.52. The molecule has 6 nitrogen and oxygen atoms in total. The quantitative estimate of drug-likeness (QED) is 0.310. The van der Waals surface area contributed by atoms with Crippen molar-refractivity contribution in [3.8, 4) is 5.75 Å². The number of alkyl halides is 1. The Morgan fingerprint density at radius 2 is 2.07 bits per heavy atom. The van der Waals surface area contributed by atoms with Gasteiger partial charge in [-0.2, -0.15) is 0 Å². The van der Waals surface area contributed by atoms with Crippen LogP contribution in [0.3, 0.4) is 0 Å². The van der Waals surface area contributed by atoms with Crippen molar-refractivity contribution < 1.29 is 23.8 Å². The van der Waals surface area contributed by atoms with Crippen LogP contribution in [0.15, 0.2) is 24.3 Å². The summed E-state index contributed by atoms with van der Waals surface area (Å²) in [6.07, 6.45) is 0.350. The number of methoxy groups -OCH3 is 1. The fourth-order valence-electron chi connectivity index (χ4n) is 3.39. The Labute approximate surface area is 185 Å². The van der Waals surface area contributed by atoms with Gasteiger partial charge in [-0.1, -0.05) is 6.07 Å². The summed E-state index contributed by atoms with van der Waals surface area (Å²) in [5, 5.41) is 0. The molecule has 28 heavy (non-hydrogen) atoms. The third-order valence-electron chi connectivity index (χ3n) is 4.47. The predicted molar refractivity (Wildman–Crippen MR) is 116 cm³/mol. The molecule has 2 rings (SSSR count). The van der Waals surface area contributed by atoms with E-state index in [-0.39, 0.29) is 12.6 Å².